The van der Waals surface area contributed by atoms with Crippen molar-refractivity contribution in [2.75, 3.05) is 31.1 Å². The van der Waals surface area contributed by atoms with Gasteiger partial charge in [-0.15, -0.1) is 0 Å². The van der Waals surface area contributed by atoms with Crippen LogP contribution in [-0.2, 0) is 9.53 Å². The minimum atomic E-state index is -0.608. The Balaban J connectivity index is 1.90. The van der Waals surface area contributed by atoms with E-state index in [2.05, 4.69) is 10.3 Å². The summed E-state index contributed by atoms with van der Waals surface area (Å²) in [5.41, 5.74) is 0.162. The number of rotatable bonds is 3. The topological polar surface area (TPSA) is 74.8 Å². The smallest absolute Gasteiger partial charge is 0.408 e. The Hall–Kier alpha value is -2.38. The van der Waals surface area contributed by atoms with E-state index in [4.69, 9.17) is 4.74 Å². The lowest BCUT2D eigenvalue weighted by Crippen LogP contribution is -2.56. The zero-order valence-electron chi connectivity index (χ0n) is 16.0. The molecule has 0 radical (unpaired) electrons. The third-order valence-corrected chi connectivity index (χ3v) is 4.05. The quantitative estimate of drug-likeness (QED) is 0.887. The molecule has 7 nitrogen and oxygen atoms in total. The number of carbonyl (C=O) groups excluding carboxylic acids is 2. The van der Waals surface area contributed by atoms with Gasteiger partial charge in [-0.2, -0.15) is 0 Å². The van der Waals surface area contributed by atoms with Gasteiger partial charge in [-0.3, -0.25) is 4.79 Å². The number of halogens is 1. The minimum Gasteiger partial charge on any atom is -0.444 e. The lowest BCUT2D eigenvalue weighted by molar-refractivity contribution is -0.132. The molecule has 1 aromatic heterocycles. The van der Waals surface area contributed by atoms with Gasteiger partial charge in [0.2, 0.25) is 5.91 Å². The molecule has 2 heterocycles. The molecule has 1 N–H and O–H groups in total. The maximum Gasteiger partial charge on any atom is 0.408 e. The second-order valence-electron chi connectivity index (χ2n) is 7.53. The van der Waals surface area contributed by atoms with Crippen LogP contribution in [0.3, 0.4) is 0 Å². The minimum absolute atomic E-state index is 0.0528. The fraction of sp³-hybridized carbons (Fsp3) is 0.611. The van der Waals surface area contributed by atoms with Crippen molar-refractivity contribution in [1.82, 2.24) is 15.2 Å². The van der Waals surface area contributed by atoms with Crippen LogP contribution in [0.25, 0.3) is 0 Å². The highest BCUT2D eigenvalue weighted by Gasteiger charge is 2.29. The first kappa shape index (κ1) is 19.9. The Kier molecular flexibility index (Phi) is 6.05. The van der Waals surface area contributed by atoms with Crippen LogP contribution in [0.1, 0.15) is 33.3 Å². The van der Waals surface area contributed by atoms with Crippen LogP contribution in [-0.4, -0.2) is 59.7 Å². The van der Waals surface area contributed by atoms with Crippen molar-refractivity contribution in [2.45, 2.75) is 46.3 Å². The summed E-state index contributed by atoms with van der Waals surface area (Å²) in [6.07, 6.45) is 0.596. The maximum absolute atomic E-state index is 13.2. The highest BCUT2D eigenvalue weighted by atomic mass is 19.1. The van der Waals surface area contributed by atoms with Gasteiger partial charge in [-0.1, -0.05) is 0 Å². The number of anilines is 1. The van der Waals surface area contributed by atoms with E-state index >= 15 is 0 Å². The molecule has 0 saturated carbocycles. The lowest BCUT2D eigenvalue weighted by atomic mass is 10.1. The second-order valence-corrected chi connectivity index (χ2v) is 7.53. The molecule has 0 unspecified atom stereocenters. The number of alkyl carbamates (subject to hydrolysis) is 1. The Labute approximate surface area is 153 Å². The first-order valence-corrected chi connectivity index (χ1v) is 8.70. The molecule has 1 aliphatic rings. The SMILES string of the molecule is Cc1cc(F)cnc1N1CCN(C(=O)CNC(=O)OC(C)(C)C)[C@@H](C)C1. The number of pyridine rings is 1. The number of aromatic nitrogens is 1. The fourth-order valence-corrected chi connectivity index (χ4v) is 2.95. The highest BCUT2D eigenvalue weighted by molar-refractivity contribution is 5.82. The average Bonchev–Trinajstić information content (AvgIpc) is 2.51. The number of hydrogen-bond donors (Lipinski definition) is 1. The molecule has 2 amide bonds. The first-order chi connectivity index (χ1) is 12.1. The van der Waals surface area contributed by atoms with Crippen LogP contribution in [0.2, 0.25) is 0 Å². The van der Waals surface area contributed by atoms with Crippen molar-refractivity contribution in [1.29, 1.82) is 0 Å². The molecule has 1 aliphatic heterocycles. The van der Waals surface area contributed by atoms with E-state index < -0.39 is 11.7 Å². The standard InChI is InChI=1S/C18H27FN4O3/c1-12-8-14(19)9-20-16(12)22-6-7-23(13(2)11-22)15(24)10-21-17(25)26-18(3,4)5/h8-9,13H,6-7,10-11H2,1-5H3,(H,21,25)/t13-/m0/s1. The van der Waals surface area contributed by atoms with Gasteiger partial charge >= 0.3 is 6.09 Å². The zero-order valence-corrected chi connectivity index (χ0v) is 16.0. The largest absolute Gasteiger partial charge is 0.444 e. The van der Waals surface area contributed by atoms with Crippen LogP contribution in [0.5, 0.6) is 0 Å². The van der Waals surface area contributed by atoms with Gasteiger partial charge in [-0.05, 0) is 46.2 Å². The van der Waals surface area contributed by atoms with E-state index in [1.165, 1.54) is 12.3 Å². The van der Waals surface area contributed by atoms with Crippen molar-refractivity contribution >= 4 is 17.8 Å². The predicted molar refractivity (Wildman–Crippen MR) is 96.6 cm³/mol. The van der Waals surface area contributed by atoms with Gasteiger partial charge in [0, 0.05) is 25.7 Å². The number of hydrogen-bond acceptors (Lipinski definition) is 5. The molecule has 1 aromatic rings. The van der Waals surface area contributed by atoms with Gasteiger partial charge in [0.1, 0.15) is 23.8 Å². The molecule has 26 heavy (non-hydrogen) atoms. The molecule has 8 heteroatoms. The molecule has 1 saturated heterocycles. The van der Waals surface area contributed by atoms with Crippen LogP contribution >= 0.6 is 0 Å². The number of carbonyl (C=O) groups is 2. The Morgan fingerprint density at radius 3 is 2.65 bits per heavy atom. The normalized spacial score (nSPS) is 17.8. The van der Waals surface area contributed by atoms with Gasteiger partial charge in [0.25, 0.3) is 0 Å². The Bertz CT molecular complexity index is 675. The molecular weight excluding hydrogens is 339 g/mol. The third kappa shape index (κ3) is 5.31. The number of ether oxygens (including phenoxy) is 1. The summed E-state index contributed by atoms with van der Waals surface area (Å²) in [6.45, 7) is 10.7. The fourth-order valence-electron chi connectivity index (χ4n) is 2.95. The van der Waals surface area contributed by atoms with Crippen molar-refractivity contribution in [2.24, 2.45) is 0 Å². The maximum atomic E-state index is 13.2. The van der Waals surface area contributed by atoms with Gasteiger partial charge in [0.05, 0.1) is 6.20 Å². The molecule has 144 valence electrons. The number of nitrogens with one attached hydrogen (secondary N) is 1. The highest BCUT2D eigenvalue weighted by Crippen LogP contribution is 2.21. The lowest BCUT2D eigenvalue weighted by Gasteiger charge is -2.40. The van der Waals surface area contributed by atoms with E-state index in [-0.39, 0.29) is 24.3 Å². The molecule has 1 atom stereocenters. The second kappa shape index (κ2) is 7.88. The molecule has 1 fully saturated rings. The summed E-state index contributed by atoms with van der Waals surface area (Å²) >= 11 is 0. The summed E-state index contributed by atoms with van der Waals surface area (Å²) in [5.74, 6) is 0.213. The summed E-state index contributed by atoms with van der Waals surface area (Å²) in [4.78, 5) is 32.0. The molecule has 0 spiro atoms. The van der Waals surface area contributed by atoms with Crippen LogP contribution < -0.4 is 10.2 Å². The van der Waals surface area contributed by atoms with Crippen LogP contribution in [0.4, 0.5) is 15.0 Å². The van der Waals surface area contributed by atoms with E-state index in [1.807, 2.05) is 18.7 Å². The Morgan fingerprint density at radius 1 is 1.38 bits per heavy atom. The van der Waals surface area contributed by atoms with Crippen LogP contribution in [0, 0.1) is 12.7 Å². The monoisotopic (exact) mass is 366 g/mol. The van der Waals surface area contributed by atoms with Crippen molar-refractivity contribution in [3.05, 3.63) is 23.6 Å². The number of amides is 2. The summed E-state index contributed by atoms with van der Waals surface area (Å²) in [5, 5.41) is 2.50. The Morgan fingerprint density at radius 2 is 2.08 bits per heavy atom. The van der Waals surface area contributed by atoms with E-state index in [0.717, 1.165) is 11.4 Å². The zero-order chi connectivity index (χ0) is 19.5. The number of nitrogens with zero attached hydrogens (tertiary/aromatic N) is 3. The summed E-state index contributed by atoms with van der Waals surface area (Å²) < 4.78 is 18.4. The average molecular weight is 366 g/mol. The van der Waals surface area contributed by atoms with E-state index in [9.17, 15) is 14.0 Å². The molecular formula is C18H27FN4O3. The predicted octanol–water partition coefficient (Wildman–Crippen LogP) is 2.09. The van der Waals surface area contributed by atoms with Gasteiger partial charge < -0.3 is 19.9 Å². The number of aryl methyl sites for hydroxylation is 1. The first-order valence-electron chi connectivity index (χ1n) is 8.70. The van der Waals surface area contributed by atoms with Gasteiger partial charge in [0.15, 0.2) is 0 Å². The molecule has 0 bridgehead atoms. The molecule has 0 aliphatic carbocycles. The summed E-state index contributed by atoms with van der Waals surface area (Å²) in [6, 6.07) is 1.40. The molecule has 0 aromatic carbocycles. The van der Waals surface area contributed by atoms with E-state index in [0.29, 0.717) is 19.6 Å². The molecule has 2 rings (SSSR count). The van der Waals surface area contributed by atoms with Crippen molar-refractivity contribution in [3.63, 3.8) is 0 Å². The van der Waals surface area contributed by atoms with Gasteiger partial charge in [-0.25, -0.2) is 14.2 Å². The third-order valence-electron chi connectivity index (χ3n) is 4.05. The summed E-state index contributed by atoms with van der Waals surface area (Å²) in [7, 11) is 0. The van der Waals surface area contributed by atoms with Crippen LogP contribution in [0.15, 0.2) is 12.3 Å². The van der Waals surface area contributed by atoms with E-state index in [1.54, 1.807) is 25.7 Å². The van der Waals surface area contributed by atoms with Crippen molar-refractivity contribution < 1.29 is 18.7 Å². The number of piperazine rings is 1. The van der Waals surface area contributed by atoms with Crippen molar-refractivity contribution in [3.8, 4) is 0 Å².